The number of hydrogen-bond acceptors (Lipinski definition) is 1. The van der Waals surface area contributed by atoms with Crippen LogP contribution in [0.4, 0.5) is 0 Å². The summed E-state index contributed by atoms with van der Waals surface area (Å²) in [5, 5.41) is 9.49. The van der Waals surface area contributed by atoms with E-state index in [-0.39, 0.29) is 6.10 Å². The second kappa shape index (κ2) is 1.72. The Balaban J connectivity index is 2.15. The summed E-state index contributed by atoms with van der Waals surface area (Å²) in [4.78, 5) is 0. The molecule has 4 atom stereocenters. The average Bonchev–Trinajstić information content (AvgIpc) is 2.37. The van der Waals surface area contributed by atoms with Gasteiger partial charge in [-0.15, -0.1) is 0 Å². The lowest BCUT2D eigenvalue weighted by atomic mass is 9.88. The Hall–Kier alpha value is -0.0400. The van der Waals surface area contributed by atoms with Crippen LogP contribution in [0.25, 0.3) is 0 Å². The van der Waals surface area contributed by atoms with Crippen molar-refractivity contribution in [3.8, 4) is 0 Å². The van der Waals surface area contributed by atoms with Crippen LogP contribution in [0.5, 0.6) is 0 Å². The SMILES string of the molecule is C[C@H]1[C@@H]2CC[C@@H](C2)[C@@H]1O. The van der Waals surface area contributed by atoms with E-state index >= 15 is 0 Å². The zero-order valence-corrected chi connectivity index (χ0v) is 5.88. The number of aliphatic hydroxyl groups excluding tert-OH is 1. The summed E-state index contributed by atoms with van der Waals surface area (Å²) in [6, 6.07) is 0. The summed E-state index contributed by atoms with van der Waals surface area (Å²) in [6.07, 6.45) is 4.02. The first-order valence-corrected chi connectivity index (χ1v) is 3.97. The molecule has 0 amide bonds. The molecule has 52 valence electrons. The van der Waals surface area contributed by atoms with Gasteiger partial charge in [0.1, 0.15) is 0 Å². The minimum atomic E-state index is 0.0451. The van der Waals surface area contributed by atoms with Crippen molar-refractivity contribution in [2.75, 3.05) is 0 Å². The topological polar surface area (TPSA) is 20.2 Å². The smallest absolute Gasteiger partial charge is 0.0596 e. The molecule has 0 heterocycles. The molecule has 2 rings (SSSR count). The van der Waals surface area contributed by atoms with E-state index < -0.39 is 0 Å². The van der Waals surface area contributed by atoms with Crippen molar-refractivity contribution in [3.63, 3.8) is 0 Å². The fourth-order valence-corrected chi connectivity index (χ4v) is 2.55. The zero-order valence-electron chi connectivity index (χ0n) is 5.88. The molecule has 0 aromatic heterocycles. The van der Waals surface area contributed by atoms with Crippen molar-refractivity contribution >= 4 is 0 Å². The molecule has 1 N–H and O–H groups in total. The van der Waals surface area contributed by atoms with E-state index in [1.165, 1.54) is 19.3 Å². The van der Waals surface area contributed by atoms with Crippen molar-refractivity contribution in [1.82, 2.24) is 0 Å². The van der Waals surface area contributed by atoms with E-state index in [2.05, 4.69) is 6.92 Å². The maximum atomic E-state index is 9.49. The standard InChI is InChI=1S/C8H14O/c1-5-6-2-3-7(4-6)8(5)9/h5-9H,2-4H2,1H3/t5-,6+,7-,8+/m0/s1. The van der Waals surface area contributed by atoms with E-state index in [1.54, 1.807) is 0 Å². The highest BCUT2D eigenvalue weighted by molar-refractivity contribution is 4.94. The minimum Gasteiger partial charge on any atom is -0.393 e. The third-order valence-electron chi connectivity index (χ3n) is 3.28. The van der Waals surface area contributed by atoms with Crippen LogP contribution in [0.1, 0.15) is 26.2 Å². The summed E-state index contributed by atoms with van der Waals surface area (Å²) < 4.78 is 0. The molecule has 0 unspecified atom stereocenters. The van der Waals surface area contributed by atoms with Gasteiger partial charge in [-0.1, -0.05) is 6.92 Å². The molecular formula is C8H14O. The average molecular weight is 126 g/mol. The normalized spacial score (nSPS) is 56.7. The van der Waals surface area contributed by atoms with Crippen LogP contribution in [-0.2, 0) is 0 Å². The summed E-state index contributed by atoms with van der Waals surface area (Å²) in [7, 11) is 0. The van der Waals surface area contributed by atoms with Gasteiger partial charge in [0.05, 0.1) is 6.10 Å². The first kappa shape index (κ1) is 5.72. The van der Waals surface area contributed by atoms with Crippen LogP contribution in [0.15, 0.2) is 0 Å². The molecule has 9 heavy (non-hydrogen) atoms. The number of rotatable bonds is 0. The Morgan fingerprint density at radius 3 is 2.22 bits per heavy atom. The van der Waals surface area contributed by atoms with Gasteiger partial charge in [-0.3, -0.25) is 0 Å². The van der Waals surface area contributed by atoms with Gasteiger partial charge in [-0.2, -0.15) is 0 Å². The maximum absolute atomic E-state index is 9.49. The van der Waals surface area contributed by atoms with Gasteiger partial charge in [0.2, 0.25) is 0 Å². The highest BCUT2D eigenvalue weighted by Gasteiger charge is 2.43. The molecule has 1 heteroatoms. The van der Waals surface area contributed by atoms with E-state index in [0.717, 1.165) is 5.92 Å². The summed E-state index contributed by atoms with van der Waals surface area (Å²) >= 11 is 0. The van der Waals surface area contributed by atoms with Gasteiger partial charge >= 0.3 is 0 Å². The van der Waals surface area contributed by atoms with Crippen LogP contribution in [-0.4, -0.2) is 11.2 Å². The second-order valence-electron chi connectivity index (χ2n) is 3.68. The number of hydrogen-bond donors (Lipinski definition) is 1. The largest absolute Gasteiger partial charge is 0.393 e. The van der Waals surface area contributed by atoms with Crippen LogP contribution in [0.3, 0.4) is 0 Å². The quantitative estimate of drug-likeness (QED) is 0.520. The lowest BCUT2D eigenvalue weighted by molar-refractivity contribution is 0.0677. The highest BCUT2D eigenvalue weighted by atomic mass is 16.3. The van der Waals surface area contributed by atoms with Gasteiger partial charge in [0, 0.05) is 0 Å². The highest BCUT2D eigenvalue weighted by Crippen LogP contribution is 2.47. The van der Waals surface area contributed by atoms with Crippen molar-refractivity contribution in [3.05, 3.63) is 0 Å². The number of fused-ring (bicyclic) bond motifs is 2. The van der Waals surface area contributed by atoms with Crippen LogP contribution >= 0.6 is 0 Å². The van der Waals surface area contributed by atoms with Crippen molar-refractivity contribution < 1.29 is 5.11 Å². The first-order valence-electron chi connectivity index (χ1n) is 3.97. The third kappa shape index (κ3) is 0.644. The Bertz CT molecular complexity index is 104. The molecule has 1 nitrogen and oxygen atoms in total. The van der Waals surface area contributed by atoms with Crippen LogP contribution in [0, 0.1) is 17.8 Å². The second-order valence-corrected chi connectivity index (χ2v) is 3.68. The lowest BCUT2D eigenvalue weighted by Gasteiger charge is -2.22. The molecule has 0 aromatic rings. The Morgan fingerprint density at radius 2 is 1.89 bits per heavy atom. The first-order chi connectivity index (χ1) is 4.29. The van der Waals surface area contributed by atoms with Crippen molar-refractivity contribution in [2.24, 2.45) is 17.8 Å². The molecule has 0 radical (unpaired) electrons. The van der Waals surface area contributed by atoms with Crippen molar-refractivity contribution in [1.29, 1.82) is 0 Å². The molecule has 2 aliphatic carbocycles. The number of aliphatic hydroxyl groups is 1. The third-order valence-corrected chi connectivity index (χ3v) is 3.28. The van der Waals surface area contributed by atoms with Gasteiger partial charge < -0.3 is 5.11 Å². The predicted molar refractivity (Wildman–Crippen MR) is 36.0 cm³/mol. The Labute approximate surface area is 56.1 Å². The van der Waals surface area contributed by atoms with E-state index in [4.69, 9.17) is 0 Å². The summed E-state index contributed by atoms with van der Waals surface area (Å²) in [6.45, 7) is 2.19. The van der Waals surface area contributed by atoms with Gasteiger partial charge in [-0.05, 0) is 37.0 Å². The summed E-state index contributed by atoms with van der Waals surface area (Å²) in [5.41, 5.74) is 0. The molecule has 0 aliphatic heterocycles. The van der Waals surface area contributed by atoms with Crippen LogP contribution in [0.2, 0.25) is 0 Å². The van der Waals surface area contributed by atoms with Crippen molar-refractivity contribution in [2.45, 2.75) is 32.3 Å². The monoisotopic (exact) mass is 126 g/mol. The van der Waals surface area contributed by atoms with E-state index in [9.17, 15) is 5.11 Å². The molecule has 2 aliphatic rings. The molecule has 0 aromatic carbocycles. The maximum Gasteiger partial charge on any atom is 0.0596 e. The Morgan fingerprint density at radius 1 is 1.22 bits per heavy atom. The molecule has 2 fully saturated rings. The predicted octanol–water partition coefficient (Wildman–Crippen LogP) is 1.41. The van der Waals surface area contributed by atoms with Gasteiger partial charge in [0.25, 0.3) is 0 Å². The van der Waals surface area contributed by atoms with E-state index in [0.29, 0.717) is 11.8 Å². The lowest BCUT2D eigenvalue weighted by Crippen LogP contribution is -2.24. The minimum absolute atomic E-state index is 0.0451. The fourth-order valence-electron chi connectivity index (χ4n) is 2.55. The molecule has 2 bridgehead atoms. The zero-order chi connectivity index (χ0) is 6.43. The molecule has 0 spiro atoms. The summed E-state index contributed by atoms with van der Waals surface area (Å²) in [5.74, 6) is 2.14. The molecule has 2 saturated carbocycles. The Kier molecular flexibility index (Phi) is 1.10. The van der Waals surface area contributed by atoms with Crippen LogP contribution < -0.4 is 0 Å². The fraction of sp³-hybridized carbons (Fsp3) is 1.00. The molecule has 0 saturated heterocycles. The van der Waals surface area contributed by atoms with Gasteiger partial charge in [0.15, 0.2) is 0 Å². The van der Waals surface area contributed by atoms with E-state index in [1.807, 2.05) is 0 Å². The molecular weight excluding hydrogens is 112 g/mol. The van der Waals surface area contributed by atoms with Gasteiger partial charge in [-0.25, -0.2) is 0 Å².